The molecule has 10 aromatic carbocycles. The van der Waals surface area contributed by atoms with Gasteiger partial charge in [0.1, 0.15) is 0 Å². The van der Waals surface area contributed by atoms with E-state index in [-0.39, 0.29) is 98.2 Å². The van der Waals surface area contributed by atoms with Gasteiger partial charge < -0.3 is 9.13 Å². The average molecular weight is 846 g/mol. The van der Waals surface area contributed by atoms with Crippen LogP contribution in [0.2, 0.25) is 0 Å². The maximum atomic E-state index is 10.2. The molecular weight excluding hydrogens is 781 g/mol. The van der Waals surface area contributed by atoms with Gasteiger partial charge in [0.2, 0.25) is 0 Å². The van der Waals surface area contributed by atoms with E-state index < -0.39 is 179 Å². The van der Waals surface area contributed by atoms with Crippen molar-refractivity contribution in [3.05, 3.63) is 230 Å². The summed E-state index contributed by atoms with van der Waals surface area (Å²) in [6, 6.07) is -1.80. The molecule has 13 aromatic rings. The normalized spacial score (nSPS) is 17.8. The Morgan fingerprint density at radius 3 is 1.81 bits per heavy atom. The van der Waals surface area contributed by atoms with Crippen LogP contribution in [-0.2, 0) is 0 Å². The van der Waals surface area contributed by atoms with Crippen LogP contribution >= 0.6 is 11.3 Å². The zero-order valence-electron chi connectivity index (χ0n) is 59.2. The van der Waals surface area contributed by atoms with Gasteiger partial charge in [0.05, 0.1) is 69.5 Å². The van der Waals surface area contributed by atoms with Crippen molar-refractivity contribution >= 4 is 75.1 Å². The van der Waals surface area contributed by atoms with E-state index in [0.29, 0.717) is 5.69 Å². The molecule has 3 heterocycles. The van der Waals surface area contributed by atoms with Gasteiger partial charge in [-0.05, 0) is 99.5 Å². The van der Waals surface area contributed by atoms with Crippen molar-refractivity contribution in [1.82, 2.24) is 9.13 Å². The fourth-order valence-electron chi connectivity index (χ4n) is 8.01. The molecule has 0 bridgehead atoms. The first-order valence-electron chi connectivity index (χ1n) is 32.9. The maximum Gasteiger partial charge on any atom is 0.0645 e. The van der Waals surface area contributed by atoms with Crippen LogP contribution in [0.1, 0.15) is 37.0 Å². The third kappa shape index (κ3) is 5.71. The summed E-state index contributed by atoms with van der Waals surface area (Å²) in [7, 11) is 0. The van der Waals surface area contributed by atoms with E-state index in [1.807, 2.05) is 0 Å². The van der Waals surface area contributed by atoms with Gasteiger partial charge in [-0.1, -0.05) is 169 Å². The largest absolute Gasteiger partial charge is 0.309 e. The minimum absolute atomic E-state index is 0.00416. The van der Waals surface area contributed by atoms with Crippen LogP contribution in [-0.4, -0.2) is 9.13 Å². The van der Waals surface area contributed by atoms with Crippen LogP contribution in [0.4, 0.5) is 0 Å². The Kier molecular flexibility index (Phi) is 4.13. The molecule has 13 rings (SSSR count). The third-order valence-corrected chi connectivity index (χ3v) is 11.9. The van der Waals surface area contributed by atoms with E-state index >= 15 is 0 Å². The number of rotatable bonds is 6. The zero-order valence-corrected chi connectivity index (χ0v) is 33.0. The first kappa shape index (κ1) is 18.2. The molecule has 63 heavy (non-hydrogen) atoms. The molecule has 0 radical (unpaired) electrons. The van der Waals surface area contributed by atoms with Crippen LogP contribution in [0.3, 0.4) is 0 Å². The lowest BCUT2D eigenvalue weighted by Crippen LogP contribution is -1.95. The van der Waals surface area contributed by atoms with Gasteiger partial charge in [-0.25, -0.2) is 0 Å². The van der Waals surface area contributed by atoms with Crippen LogP contribution in [0.15, 0.2) is 230 Å². The van der Waals surface area contributed by atoms with Gasteiger partial charge in [-0.2, -0.15) is 0 Å². The SMILES string of the molecule is [2H]c1cc2c(c([2H])c1[2H])c1c([2H])c(-c3c([2H])c([2H])c([2H])c4c5c([2H])c([2H])c([2H])c([2H])c5n(-c5ccccc5)c34)cc([2H])c1n2-c1cc([2H])c([2H])c2c1sc1c([2H])c([2H])c(-c3c([2H])c([2H])c(-c4c([2H])c([2H])c([2H])c(-c5c([2H])cccc5[2H])c4[2H])c([2H])c3[2H])c([2H])c12. The number of benzene rings is 10. The lowest BCUT2D eigenvalue weighted by atomic mass is 9.97. The molecule has 0 spiro atoms. The molecule has 2 nitrogen and oxygen atoms in total. The van der Waals surface area contributed by atoms with Crippen molar-refractivity contribution in [2.45, 2.75) is 0 Å². The molecule has 0 saturated carbocycles. The summed E-state index contributed by atoms with van der Waals surface area (Å²) in [6.45, 7) is 0. The fourth-order valence-corrected chi connectivity index (χ4v) is 9.08. The minimum atomic E-state index is -0.922. The van der Waals surface area contributed by atoms with E-state index in [4.69, 9.17) is 16.4 Å². The topological polar surface area (TPSA) is 9.86 Å². The summed E-state index contributed by atoms with van der Waals surface area (Å²) in [5.74, 6) is 0. The van der Waals surface area contributed by atoms with E-state index in [1.165, 1.54) is 45.5 Å². The van der Waals surface area contributed by atoms with Gasteiger partial charge in [0, 0.05) is 48.3 Å². The summed E-state index contributed by atoms with van der Waals surface area (Å²) in [6.07, 6.45) is 0. The van der Waals surface area contributed by atoms with Gasteiger partial charge >= 0.3 is 0 Å². The second-order valence-electron chi connectivity index (χ2n) is 14.3. The Labute approximate surface area is 406 Å². The van der Waals surface area contributed by atoms with Crippen LogP contribution in [0.25, 0.3) is 120 Å². The zero-order chi connectivity index (χ0) is 64.9. The first-order chi connectivity index (χ1) is 42.5. The summed E-state index contributed by atoms with van der Waals surface area (Å²) in [5.41, 5.74) is -4.11. The number of hydrogen-bond donors (Lipinski definition) is 0. The van der Waals surface area contributed by atoms with Crippen LogP contribution < -0.4 is 0 Å². The second kappa shape index (κ2) is 14.3. The summed E-state index contributed by atoms with van der Waals surface area (Å²) >= 11 is 0.757. The van der Waals surface area contributed by atoms with Crippen molar-refractivity contribution in [1.29, 1.82) is 0 Å². The van der Waals surface area contributed by atoms with Crippen molar-refractivity contribution in [2.24, 2.45) is 0 Å². The lowest BCUT2D eigenvalue weighted by molar-refractivity contribution is 1.18. The molecule has 3 heteroatoms. The Bertz CT molecular complexity index is 5470. The third-order valence-electron chi connectivity index (χ3n) is 10.8. The molecule has 0 fully saturated rings. The quantitative estimate of drug-likeness (QED) is 0.158. The number of hydrogen-bond acceptors (Lipinski definition) is 1. The van der Waals surface area contributed by atoms with E-state index in [1.54, 1.807) is 30.3 Å². The molecule has 0 atom stereocenters. The van der Waals surface area contributed by atoms with Crippen molar-refractivity contribution in [3.8, 4) is 55.9 Å². The van der Waals surface area contributed by atoms with Crippen molar-refractivity contribution in [2.75, 3.05) is 0 Å². The molecule has 0 aliphatic heterocycles. The summed E-state index contributed by atoms with van der Waals surface area (Å²) in [4.78, 5) is 0. The first-order valence-corrected chi connectivity index (χ1v) is 20.2. The molecule has 0 N–H and O–H groups in total. The van der Waals surface area contributed by atoms with E-state index in [9.17, 15) is 20.6 Å². The highest BCUT2D eigenvalue weighted by molar-refractivity contribution is 7.26. The second-order valence-corrected chi connectivity index (χ2v) is 15.3. The maximum absolute atomic E-state index is 10.2. The van der Waals surface area contributed by atoms with E-state index in [2.05, 4.69) is 0 Å². The molecule has 3 aromatic heterocycles. The molecule has 294 valence electrons. The predicted octanol–water partition coefficient (Wildman–Crippen LogP) is 16.9. The monoisotopic (exact) mass is 845 g/mol. The van der Waals surface area contributed by atoms with Gasteiger partial charge in [0.25, 0.3) is 0 Å². The highest BCUT2D eigenvalue weighted by atomic mass is 32.1. The number of aromatic nitrogens is 2. The lowest BCUT2D eigenvalue weighted by Gasteiger charge is -2.12. The molecule has 0 amide bonds. The molecule has 0 aliphatic carbocycles. The molecule has 0 unspecified atom stereocenters. The van der Waals surface area contributed by atoms with Gasteiger partial charge in [-0.15, -0.1) is 11.3 Å². The van der Waals surface area contributed by atoms with Crippen LogP contribution in [0.5, 0.6) is 0 Å². The molecular formula is C60H38N2S. The summed E-state index contributed by atoms with van der Waals surface area (Å²) < 4.78 is 251. The molecule has 0 saturated heterocycles. The number of thiophene rings is 1. The number of para-hydroxylation sites is 4. The smallest absolute Gasteiger partial charge is 0.0645 e. The number of fused-ring (bicyclic) bond motifs is 9. The van der Waals surface area contributed by atoms with Crippen molar-refractivity contribution < 1.29 is 37.0 Å². The van der Waals surface area contributed by atoms with Crippen molar-refractivity contribution in [3.63, 3.8) is 0 Å². The Morgan fingerprint density at radius 2 is 0.984 bits per heavy atom. The Balaban J connectivity index is 1.10. The highest BCUT2D eigenvalue weighted by Gasteiger charge is 2.20. The Hall–Kier alpha value is -7.98. The fraction of sp³-hybridized carbons (Fsp3) is 0. The minimum Gasteiger partial charge on any atom is -0.309 e. The van der Waals surface area contributed by atoms with Gasteiger partial charge in [0.15, 0.2) is 0 Å². The predicted molar refractivity (Wildman–Crippen MR) is 270 cm³/mol. The standard InChI is InChI=1S/C60H38N2S/c1-3-14-39(15-4-1)42-16-11-17-43(36-42)40-28-30-41(31-29-40)44-33-35-58-53(37-44)51-24-13-27-57(60(51)63-58)62-55-26-10-8-21-49(55)52-38-45(32-34-56(52)62)47-22-12-23-50-48-20-7-9-25-54(48)61(59(47)50)46-18-5-2-6-19-46/h1-38H/i7D,8D,9D,10D,11D,12D,13D,14D,15D,16D,17D,20D,21D,22D,23D,24D,25D,28D,29D,30D,31D,33D,34D,35D,36D,37D,38D. The van der Waals surface area contributed by atoms with Crippen LogP contribution in [0, 0.1) is 0 Å². The number of nitrogens with zero attached hydrogens (tertiary/aromatic N) is 2. The van der Waals surface area contributed by atoms with Gasteiger partial charge in [-0.3, -0.25) is 0 Å². The Morgan fingerprint density at radius 1 is 0.349 bits per heavy atom. The molecule has 0 aliphatic rings. The average Bonchev–Trinajstić information content (AvgIpc) is 1.52. The summed E-state index contributed by atoms with van der Waals surface area (Å²) in [5, 5.41) is -1.22. The highest BCUT2D eigenvalue weighted by Crippen LogP contribution is 2.44. The van der Waals surface area contributed by atoms with E-state index in [0.717, 1.165) is 11.3 Å².